The second kappa shape index (κ2) is 9.98. The molecule has 118 valence electrons. The number of anilines is 1. The lowest BCUT2D eigenvalue weighted by atomic mass is 10.2. The molecule has 1 amide bonds. The molecule has 0 unspecified atom stereocenters. The van der Waals surface area contributed by atoms with Crippen molar-refractivity contribution in [3.05, 3.63) is 40.5 Å². The van der Waals surface area contributed by atoms with Crippen molar-refractivity contribution in [1.82, 2.24) is 5.32 Å². The van der Waals surface area contributed by atoms with Crippen LogP contribution in [-0.4, -0.2) is 25.2 Å². The van der Waals surface area contributed by atoms with E-state index in [4.69, 9.17) is 10.00 Å². The SMILES string of the molecule is CC(C)OCCCN/C=C(/C#N)C(=O)Nc1ccc(Br)cc1. The van der Waals surface area contributed by atoms with Crippen LogP contribution in [0.2, 0.25) is 0 Å². The first kappa shape index (κ1) is 18.2. The summed E-state index contributed by atoms with van der Waals surface area (Å²) >= 11 is 3.32. The van der Waals surface area contributed by atoms with Crippen LogP contribution in [-0.2, 0) is 9.53 Å². The quantitative estimate of drug-likeness (QED) is 0.421. The van der Waals surface area contributed by atoms with E-state index in [1.807, 2.05) is 32.0 Å². The molecule has 0 saturated heterocycles. The Bertz CT molecular complexity index is 548. The van der Waals surface area contributed by atoms with Crippen LogP contribution in [0.4, 0.5) is 5.69 Å². The molecule has 0 heterocycles. The molecule has 0 radical (unpaired) electrons. The molecule has 22 heavy (non-hydrogen) atoms. The molecular formula is C16H20BrN3O2. The predicted octanol–water partition coefficient (Wildman–Crippen LogP) is 3.20. The maximum absolute atomic E-state index is 12.0. The third-order valence-electron chi connectivity index (χ3n) is 2.63. The Kier molecular flexibility index (Phi) is 8.26. The fourth-order valence-corrected chi connectivity index (χ4v) is 1.81. The zero-order chi connectivity index (χ0) is 16.4. The molecule has 0 bridgehead atoms. The van der Waals surface area contributed by atoms with Crippen molar-refractivity contribution in [2.75, 3.05) is 18.5 Å². The summed E-state index contributed by atoms with van der Waals surface area (Å²) < 4.78 is 6.33. The van der Waals surface area contributed by atoms with Crippen LogP contribution in [0.15, 0.2) is 40.5 Å². The van der Waals surface area contributed by atoms with Gasteiger partial charge in [-0.25, -0.2) is 0 Å². The van der Waals surface area contributed by atoms with Crippen LogP contribution in [0, 0.1) is 11.3 Å². The van der Waals surface area contributed by atoms with E-state index in [1.165, 1.54) is 6.20 Å². The van der Waals surface area contributed by atoms with E-state index in [-0.39, 0.29) is 11.7 Å². The average Bonchev–Trinajstić information content (AvgIpc) is 2.48. The second-order valence-electron chi connectivity index (χ2n) is 4.86. The van der Waals surface area contributed by atoms with Gasteiger partial charge in [-0.1, -0.05) is 15.9 Å². The van der Waals surface area contributed by atoms with E-state index in [0.717, 1.165) is 10.9 Å². The minimum atomic E-state index is -0.434. The van der Waals surface area contributed by atoms with E-state index in [0.29, 0.717) is 18.8 Å². The normalized spacial score (nSPS) is 11.1. The van der Waals surface area contributed by atoms with Gasteiger partial charge in [0.05, 0.1) is 6.10 Å². The summed E-state index contributed by atoms with van der Waals surface area (Å²) in [6.45, 7) is 5.25. The Balaban J connectivity index is 2.42. The first-order chi connectivity index (χ1) is 10.5. The van der Waals surface area contributed by atoms with E-state index in [1.54, 1.807) is 12.1 Å². The molecule has 0 aliphatic rings. The smallest absolute Gasteiger partial charge is 0.267 e. The molecule has 0 fully saturated rings. The third-order valence-corrected chi connectivity index (χ3v) is 3.16. The lowest BCUT2D eigenvalue weighted by molar-refractivity contribution is -0.112. The number of rotatable bonds is 8. The fourth-order valence-electron chi connectivity index (χ4n) is 1.55. The minimum Gasteiger partial charge on any atom is -0.390 e. The van der Waals surface area contributed by atoms with E-state index >= 15 is 0 Å². The summed E-state index contributed by atoms with van der Waals surface area (Å²) in [7, 11) is 0. The molecule has 5 nitrogen and oxygen atoms in total. The number of nitrogens with zero attached hydrogens (tertiary/aromatic N) is 1. The van der Waals surface area contributed by atoms with Gasteiger partial charge in [-0.05, 0) is 44.5 Å². The van der Waals surface area contributed by atoms with Gasteiger partial charge in [0.15, 0.2) is 0 Å². The van der Waals surface area contributed by atoms with Crippen molar-refractivity contribution in [3.63, 3.8) is 0 Å². The first-order valence-corrected chi connectivity index (χ1v) is 7.84. The van der Waals surface area contributed by atoms with Gasteiger partial charge in [0.2, 0.25) is 0 Å². The highest BCUT2D eigenvalue weighted by Gasteiger charge is 2.08. The summed E-state index contributed by atoms with van der Waals surface area (Å²) in [5.74, 6) is -0.434. The molecule has 0 atom stereocenters. The van der Waals surface area contributed by atoms with Gasteiger partial charge in [0, 0.05) is 29.5 Å². The van der Waals surface area contributed by atoms with Crippen LogP contribution < -0.4 is 10.6 Å². The van der Waals surface area contributed by atoms with Crippen molar-refractivity contribution in [3.8, 4) is 6.07 Å². The number of hydrogen-bond donors (Lipinski definition) is 2. The van der Waals surface area contributed by atoms with Crippen molar-refractivity contribution in [2.45, 2.75) is 26.4 Å². The average molecular weight is 366 g/mol. The van der Waals surface area contributed by atoms with Crippen LogP contribution >= 0.6 is 15.9 Å². The molecule has 2 N–H and O–H groups in total. The molecule has 1 aromatic carbocycles. The summed E-state index contributed by atoms with van der Waals surface area (Å²) in [5, 5.41) is 14.7. The van der Waals surface area contributed by atoms with Crippen molar-refractivity contribution in [1.29, 1.82) is 5.26 Å². The van der Waals surface area contributed by atoms with E-state index in [2.05, 4.69) is 26.6 Å². The van der Waals surface area contributed by atoms with Gasteiger partial charge in [-0.2, -0.15) is 5.26 Å². The van der Waals surface area contributed by atoms with Crippen LogP contribution in [0.25, 0.3) is 0 Å². The second-order valence-corrected chi connectivity index (χ2v) is 5.77. The molecule has 0 aromatic heterocycles. The van der Waals surface area contributed by atoms with Gasteiger partial charge in [0.1, 0.15) is 11.6 Å². The van der Waals surface area contributed by atoms with Crippen molar-refractivity contribution < 1.29 is 9.53 Å². The molecule has 0 spiro atoms. The maximum Gasteiger partial charge on any atom is 0.267 e. The molecule has 1 rings (SSSR count). The molecule has 0 aliphatic heterocycles. The van der Waals surface area contributed by atoms with E-state index in [9.17, 15) is 4.79 Å². The molecule has 0 saturated carbocycles. The molecular weight excluding hydrogens is 346 g/mol. The number of nitrogens with one attached hydrogen (secondary N) is 2. The van der Waals surface area contributed by atoms with Gasteiger partial charge >= 0.3 is 0 Å². The fraction of sp³-hybridized carbons (Fsp3) is 0.375. The Morgan fingerprint density at radius 3 is 2.68 bits per heavy atom. The monoisotopic (exact) mass is 365 g/mol. The van der Waals surface area contributed by atoms with Gasteiger partial charge in [0.25, 0.3) is 5.91 Å². The number of benzene rings is 1. The Labute approximate surface area is 139 Å². The third kappa shape index (κ3) is 7.25. The van der Waals surface area contributed by atoms with Crippen LogP contribution in [0.3, 0.4) is 0 Å². The summed E-state index contributed by atoms with van der Waals surface area (Å²) in [6.07, 6.45) is 2.45. The first-order valence-electron chi connectivity index (χ1n) is 7.05. The van der Waals surface area contributed by atoms with Gasteiger partial charge < -0.3 is 15.4 Å². The standard InChI is InChI=1S/C16H20BrN3O2/c1-12(2)22-9-3-8-19-11-13(10-18)16(21)20-15-6-4-14(17)5-7-15/h4-7,11-12,19H,3,8-9H2,1-2H3,(H,20,21)/b13-11-. The van der Waals surface area contributed by atoms with Crippen LogP contribution in [0.5, 0.6) is 0 Å². The minimum absolute atomic E-state index is 0.0349. The number of hydrogen-bond acceptors (Lipinski definition) is 4. The number of carbonyl (C=O) groups is 1. The Morgan fingerprint density at radius 2 is 2.09 bits per heavy atom. The zero-order valence-corrected chi connectivity index (χ0v) is 14.3. The topological polar surface area (TPSA) is 74.1 Å². The highest BCUT2D eigenvalue weighted by molar-refractivity contribution is 9.10. The zero-order valence-electron chi connectivity index (χ0n) is 12.7. The molecule has 0 aliphatic carbocycles. The molecule has 6 heteroatoms. The molecule has 1 aromatic rings. The highest BCUT2D eigenvalue weighted by Crippen LogP contribution is 2.14. The lowest BCUT2D eigenvalue weighted by Gasteiger charge is -2.07. The number of amides is 1. The lowest BCUT2D eigenvalue weighted by Crippen LogP contribution is -2.18. The number of halogens is 1. The van der Waals surface area contributed by atoms with Gasteiger partial charge in [-0.3, -0.25) is 4.79 Å². The number of nitriles is 1. The Hall–Kier alpha value is -1.84. The van der Waals surface area contributed by atoms with Crippen LogP contribution in [0.1, 0.15) is 20.3 Å². The summed E-state index contributed by atoms with van der Waals surface area (Å²) in [4.78, 5) is 12.0. The maximum atomic E-state index is 12.0. The van der Waals surface area contributed by atoms with Gasteiger partial charge in [-0.15, -0.1) is 0 Å². The summed E-state index contributed by atoms with van der Waals surface area (Å²) in [5.41, 5.74) is 0.674. The van der Waals surface area contributed by atoms with Crippen molar-refractivity contribution >= 4 is 27.5 Å². The van der Waals surface area contributed by atoms with Crippen molar-refractivity contribution in [2.24, 2.45) is 0 Å². The highest BCUT2D eigenvalue weighted by atomic mass is 79.9. The number of ether oxygens (including phenoxy) is 1. The predicted molar refractivity (Wildman–Crippen MR) is 90.2 cm³/mol. The van der Waals surface area contributed by atoms with E-state index < -0.39 is 5.91 Å². The Morgan fingerprint density at radius 1 is 1.41 bits per heavy atom. The number of carbonyl (C=O) groups excluding carboxylic acids is 1. The largest absolute Gasteiger partial charge is 0.390 e. The summed E-state index contributed by atoms with van der Waals surface area (Å²) in [6, 6.07) is 9.04.